The Morgan fingerprint density at radius 1 is 1.03 bits per heavy atom. The minimum absolute atomic E-state index is 0.00830. The number of nitrogens with zero attached hydrogens (tertiary/aromatic N) is 1. The third-order valence-electron chi connectivity index (χ3n) is 6.18. The van der Waals surface area contributed by atoms with E-state index in [1.165, 1.54) is 11.2 Å². The van der Waals surface area contributed by atoms with Gasteiger partial charge in [-0.25, -0.2) is 0 Å². The summed E-state index contributed by atoms with van der Waals surface area (Å²) < 4.78 is 16.8. The summed E-state index contributed by atoms with van der Waals surface area (Å²) >= 11 is 0. The second-order valence-electron chi connectivity index (χ2n) is 8.85. The number of amides is 1. The summed E-state index contributed by atoms with van der Waals surface area (Å²) in [6.07, 6.45) is 1.52. The molecule has 3 aromatic rings. The molecule has 0 aliphatic carbocycles. The molecular weight excluding hydrogens is 458 g/mol. The molecule has 7 heteroatoms. The molecule has 0 saturated carbocycles. The Bertz CT molecular complexity index is 1260. The normalized spacial score (nSPS) is 17.1. The van der Waals surface area contributed by atoms with Crippen LogP contribution in [0.3, 0.4) is 0 Å². The molecule has 7 nitrogen and oxygen atoms in total. The van der Waals surface area contributed by atoms with Crippen molar-refractivity contribution in [1.29, 1.82) is 0 Å². The van der Waals surface area contributed by atoms with Crippen LogP contribution in [-0.4, -0.2) is 34.9 Å². The van der Waals surface area contributed by atoms with Crippen molar-refractivity contribution in [3.8, 4) is 11.5 Å². The topological polar surface area (TPSA) is 89.2 Å². The smallest absolute Gasteiger partial charge is 0.296 e. The first-order valence-corrected chi connectivity index (χ1v) is 12.2. The van der Waals surface area contributed by atoms with Crippen LogP contribution in [0, 0.1) is 0 Å². The van der Waals surface area contributed by atoms with Gasteiger partial charge in [-0.2, -0.15) is 0 Å². The number of Topliss-reactive ketones (excluding diaryl/α,β-unsaturated/α-hetero) is 1. The number of hydrogen-bond acceptors (Lipinski definition) is 6. The molecule has 1 aliphatic rings. The Kier molecular flexibility index (Phi) is 7.48. The molecule has 0 spiro atoms. The number of aliphatic hydroxyl groups excluding tert-OH is 1. The maximum atomic E-state index is 13.4. The molecule has 36 heavy (non-hydrogen) atoms. The van der Waals surface area contributed by atoms with Gasteiger partial charge in [0.05, 0.1) is 43.2 Å². The van der Waals surface area contributed by atoms with E-state index in [-0.39, 0.29) is 17.9 Å². The van der Waals surface area contributed by atoms with Gasteiger partial charge in [-0.1, -0.05) is 38.1 Å². The Morgan fingerprint density at radius 3 is 2.36 bits per heavy atom. The van der Waals surface area contributed by atoms with E-state index in [1.54, 1.807) is 30.3 Å². The van der Waals surface area contributed by atoms with Gasteiger partial charge in [0.15, 0.2) is 0 Å². The molecule has 0 bridgehead atoms. The van der Waals surface area contributed by atoms with E-state index in [9.17, 15) is 14.7 Å². The minimum Gasteiger partial charge on any atom is -0.507 e. The van der Waals surface area contributed by atoms with Crippen LogP contribution >= 0.6 is 0 Å². The van der Waals surface area contributed by atoms with Crippen molar-refractivity contribution < 1.29 is 28.6 Å². The van der Waals surface area contributed by atoms with Gasteiger partial charge in [0, 0.05) is 6.07 Å². The lowest BCUT2D eigenvalue weighted by Gasteiger charge is -2.25. The van der Waals surface area contributed by atoms with Gasteiger partial charge in [0.25, 0.3) is 11.7 Å². The summed E-state index contributed by atoms with van der Waals surface area (Å²) in [6, 6.07) is 15.5. The second-order valence-corrected chi connectivity index (χ2v) is 8.85. The van der Waals surface area contributed by atoms with Crippen molar-refractivity contribution in [2.45, 2.75) is 46.2 Å². The number of furan rings is 1. The lowest BCUT2D eigenvalue weighted by Crippen LogP contribution is -2.29. The Balaban J connectivity index is 1.87. The fraction of sp³-hybridized carbons (Fsp3) is 0.310. The summed E-state index contributed by atoms with van der Waals surface area (Å²) in [5.74, 6) is 0.0643. The van der Waals surface area contributed by atoms with Gasteiger partial charge >= 0.3 is 0 Å². The van der Waals surface area contributed by atoms with E-state index < -0.39 is 17.7 Å². The van der Waals surface area contributed by atoms with E-state index in [0.717, 1.165) is 11.1 Å². The largest absolute Gasteiger partial charge is 0.507 e. The number of ether oxygens (including phenoxy) is 2. The average Bonchev–Trinajstić information content (AvgIpc) is 3.47. The lowest BCUT2D eigenvalue weighted by molar-refractivity contribution is -0.140. The number of aliphatic hydroxyl groups is 1. The van der Waals surface area contributed by atoms with Crippen molar-refractivity contribution in [2.24, 2.45) is 0 Å². The van der Waals surface area contributed by atoms with Crippen LogP contribution < -0.4 is 9.47 Å². The third kappa shape index (κ3) is 4.87. The molecule has 1 unspecified atom stereocenters. The molecule has 2 aromatic carbocycles. The van der Waals surface area contributed by atoms with Gasteiger partial charge < -0.3 is 23.9 Å². The predicted molar refractivity (Wildman–Crippen MR) is 136 cm³/mol. The number of carbonyl (C=O) groups is 2. The summed E-state index contributed by atoms with van der Waals surface area (Å²) in [5, 5.41) is 11.5. The van der Waals surface area contributed by atoms with Crippen molar-refractivity contribution in [3.63, 3.8) is 0 Å². The first-order chi connectivity index (χ1) is 17.3. The van der Waals surface area contributed by atoms with Crippen molar-refractivity contribution >= 4 is 17.4 Å². The van der Waals surface area contributed by atoms with E-state index in [2.05, 4.69) is 13.8 Å². The SMILES string of the molecule is CCOc1ccc(/C(O)=C2/C(=O)C(=O)N(Cc3ccco3)C2c2ccc(C(C)C)cc2)c(OCC)c1. The van der Waals surface area contributed by atoms with Gasteiger partial charge in [0.2, 0.25) is 0 Å². The van der Waals surface area contributed by atoms with Crippen molar-refractivity contribution in [2.75, 3.05) is 13.2 Å². The van der Waals surface area contributed by atoms with Crippen LogP contribution in [0.25, 0.3) is 5.76 Å². The fourth-order valence-electron chi connectivity index (χ4n) is 4.40. The zero-order valence-electron chi connectivity index (χ0n) is 21.0. The zero-order valence-corrected chi connectivity index (χ0v) is 21.0. The number of benzene rings is 2. The van der Waals surface area contributed by atoms with Crippen molar-refractivity contribution in [3.05, 3.63) is 88.9 Å². The van der Waals surface area contributed by atoms with E-state index in [1.807, 2.05) is 38.1 Å². The molecule has 1 fully saturated rings. The van der Waals surface area contributed by atoms with Crippen LogP contribution in [-0.2, 0) is 16.1 Å². The summed E-state index contributed by atoms with van der Waals surface area (Å²) in [7, 11) is 0. The minimum atomic E-state index is -0.794. The van der Waals surface area contributed by atoms with E-state index >= 15 is 0 Å². The van der Waals surface area contributed by atoms with Gasteiger partial charge in [-0.3, -0.25) is 9.59 Å². The predicted octanol–water partition coefficient (Wildman–Crippen LogP) is 5.82. The molecule has 1 aromatic heterocycles. The highest BCUT2D eigenvalue weighted by atomic mass is 16.5. The number of carbonyl (C=O) groups excluding carboxylic acids is 2. The quantitative estimate of drug-likeness (QED) is 0.231. The Morgan fingerprint density at radius 2 is 1.75 bits per heavy atom. The average molecular weight is 490 g/mol. The standard InChI is InChI=1S/C29H31NO6/c1-5-34-21-13-14-23(24(16-21)35-6-2)27(31)25-26(20-11-9-19(10-12-20)18(3)4)30(29(33)28(25)32)17-22-8-7-15-36-22/h7-16,18,26,31H,5-6,17H2,1-4H3/b27-25-. The maximum Gasteiger partial charge on any atom is 0.296 e. The van der Waals surface area contributed by atoms with Gasteiger partial charge in [-0.15, -0.1) is 0 Å². The third-order valence-corrected chi connectivity index (χ3v) is 6.18. The summed E-state index contributed by atoms with van der Waals surface area (Å²) in [4.78, 5) is 28.0. The molecule has 4 rings (SSSR count). The van der Waals surface area contributed by atoms with E-state index in [4.69, 9.17) is 13.9 Å². The first-order valence-electron chi connectivity index (χ1n) is 12.2. The highest BCUT2D eigenvalue weighted by molar-refractivity contribution is 6.46. The molecule has 1 aliphatic heterocycles. The van der Waals surface area contributed by atoms with Crippen LogP contribution in [0.15, 0.2) is 70.9 Å². The highest BCUT2D eigenvalue weighted by Crippen LogP contribution is 2.42. The summed E-state index contributed by atoms with van der Waals surface area (Å²) in [6.45, 7) is 8.81. The zero-order chi connectivity index (χ0) is 25.8. The van der Waals surface area contributed by atoms with Crippen LogP contribution in [0.4, 0.5) is 0 Å². The molecule has 2 heterocycles. The molecule has 188 valence electrons. The van der Waals surface area contributed by atoms with Crippen LogP contribution in [0.2, 0.25) is 0 Å². The molecule has 1 atom stereocenters. The molecule has 1 N–H and O–H groups in total. The lowest BCUT2D eigenvalue weighted by atomic mass is 9.93. The number of rotatable bonds is 9. The molecular formula is C29H31NO6. The first kappa shape index (κ1) is 25.1. The number of likely N-dealkylation sites (tertiary alicyclic amines) is 1. The van der Waals surface area contributed by atoms with Crippen LogP contribution in [0.1, 0.15) is 62.1 Å². The van der Waals surface area contributed by atoms with Gasteiger partial charge in [-0.05, 0) is 55.2 Å². The molecule has 1 amide bonds. The molecule has 0 radical (unpaired) electrons. The van der Waals surface area contributed by atoms with Crippen LogP contribution in [0.5, 0.6) is 11.5 Å². The van der Waals surface area contributed by atoms with E-state index in [0.29, 0.717) is 42.0 Å². The summed E-state index contributed by atoms with van der Waals surface area (Å²) in [5.41, 5.74) is 2.18. The highest BCUT2D eigenvalue weighted by Gasteiger charge is 2.46. The van der Waals surface area contributed by atoms with Crippen molar-refractivity contribution in [1.82, 2.24) is 4.90 Å². The Hall–Kier alpha value is -4.00. The maximum absolute atomic E-state index is 13.4. The Labute approximate surface area is 210 Å². The molecule has 1 saturated heterocycles. The number of ketones is 1. The number of hydrogen-bond donors (Lipinski definition) is 1. The van der Waals surface area contributed by atoms with Gasteiger partial charge in [0.1, 0.15) is 23.0 Å². The fourth-order valence-corrected chi connectivity index (χ4v) is 4.40. The second kappa shape index (κ2) is 10.7. The monoisotopic (exact) mass is 489 g/mol.